The van der Waals surface area contributed by atoms with Gasteiger partial charge in [0.2, 0.25) is 5.76 Å². The standard InChI is InChI=1S/C17H19F3O4S/c1-3-22-12-10-13(25-11-8-6-5-7-9-11)24-15(17(18,19)20)14(12)16(21)23-4-2/h5-9,12-13H,3-4,10H2,1-2H3. The molecule has 2 atom stereocenters. The van der Waals surface area contributed by atoms with Crippen molar-refractivity contribution in [2.75, 3.05) is 13.2 Å². The summed E-state index contributed by atoms with van der Waals surface area (Å²) in [5.41, 5.74) is -1.42. The first kappa shape index (κ1) is 19.7. The second-order valence-electron chi connectivity index (χ2n) is 5.12. The molecule has 0 saturated heterocycles. The van der Waals surface area contributed by atoms with E-state index in [0.29, 0.717) is 0 Å². The van der Waals surface area contributed by atoms with Crippen molar-refractivity contribution in [2.45, 2.75) is 42.9 Å². The van der Waals surface area contributed by atoms with E-state index in [2.05, 4.69) is 0 Å². The summed E-state index contributed by atoms with van der Waals surface area (Å²) < 4.78 is 55.7. The summed E-state index contributed by atoms with van der Waals surface area (Å²) in [5.74, 6) is -2.39. The normalized spacial score (nSPS) is 21.0. The van der Waals surface area contributed by atoms with Crippen LogP contribution >= 0.6 is 11.8 Å². The summed E-state index contributed by atoms with van der Waals surface area (Å²) in [6, 6.07) is 8.95. The lowest BCUT2D eigenvalue weighted by molar-refractivity contribution is -0.156. The Morgan fingerprint density at radius 2 is 1.92 bits per heavy atom. The number of alkyl halides is 3. The van der Waals surface area contributed by atoms with Crippen LogP contribution in [0, 0.1) is 0 Å². The number of benzene rings is 1. The molecule has 1 aromatic carbocycles. The van der Waals surface area contributed by atoms with E-state index in [-0.39, 0.29) is 19.6 Å². The Morgan fingerprint density at radius 3 is 2.48 bits per heavy atom. The van der Waals surface area contributed by atoms with Gasteiger partial charge in [0.15, 0.2) is 5.44 Å². The third kappa shape index (κ3) is 5.15. The molecule has 1 aromatic rings. The minimum Gasteiger partial charge on any atom is -0.474 e. The number of thioether (sulfide) groups is 1. The van der Waals surface area contributed by atoms with Crippen LogP contribution in [0.25, 0.3) is 0 Å². The van der Waals surface area contributed by atoms with Crippen molar-refractivity contribution in [3.8, 4) is 0 Å². The van der Waals surface area contributed by atoms with E-state index in [1.807, 2.05) is 6.07 Å². The molecule has 0 spiro atoms. The van der Waals surface area contributed by atoms with Gasteiger partial charge in [-0.25, -0.2) is 4.79 Å². The zero-order chi connectivity index (χ0) is 18.4. The molecule has 1 aliphatic heterocycles. The fourth-order valence-electron chi connectivity index (χ4n) is 2.41. The Morgan fingerprint density at radius 1 is 1.24 bits per heavy atom. The summed E-state index contributed by atoms with van der Waals surface area (Å²) in [7, 11) is 0. The van der Waals surface area contributed by atoms with E-state index in [1.165, 1.54) is 6.92 Å². The van der Waals surface area contributed by atoms with Gasteiger partial charge < -0.3 is 14.2 Å². The second-order valence-corrected chi connectivity index (χ2v) is 6.35. The molecule has 0 radical (unpaired) electrons. The molecule has 138 valence electrons. The maximum absolute atomic E-state index is 13.5. The molecule has 1 heterocycles. The molecule has 0 aliphatic carbocycles. The molecule has 0 aromatic heterocycles. The quantitative estimate of drug-likeness (QED) is 0.693. The number of carbonyl (C=O) groups is 1. The molecule has 0 bridgehead atoms. The molecule has 4 nitrogen and oxygen atoms in total. The summed E-state index contributed by atoms with van der Waals surface area (Å²) in [6.07, 6.45) is -5.73. The lowest BCUT2D eigenvalue weighted by atomic mass is 10.0. The van der Waals surface area contributed by atoms with Gasteiger partial charge in [0.25, 0.3) is 0 Å². The maximum Gasteiger partial charge on any atom is 0.449 e. The number of halogens is 3. The number of hydrogen-bond donors (Lipinski definition) is 0. The topological polar surface area (TPSA) is 44.8 Å². The van der Waals surface area contributed by atoms with Crippen LogP contribution in [0.3, 0.4) is 0 Å². The predicted molar refractivity (Wildman–Crippen MR) is 86.9 cm³/mol. The van der Waals surface area contributed by atoms with Gasteiger partial charge in [-0.05, 0) is 26.0 Å². The highest BCUT2D eigenvalue weighted by molar-refractivity contribution is 7.99. The average Bonchev–Trinajstić information content (AvgIpc) is 2.55. The minimum absolute atomic E-state index is 0.0332. The number of allylic oxidation sites excluding steroid dienone is 1. The summed E-state index contributed by atoms with van der Waals surface area (Å²) in [6.45, 7) is 3.32. The molecule has 1 aliphatic rings. The Kier molecular flexibility index (Phi) is 6.78. The smallest absolute Gasteiger partial charge is 0.449 e. The number of hydrogen-bond acceptors (Lipinski definition) is 5. The number of esters is 1. The monoisotopic (exact) mass is 376 g/mol. The van der Waals surface area contributed by atoms with Crippen molar-refractivity contribution in [3.05, 3.63) is 41.7 Å². The molecule has 2 rings (SSSR count). The zero-order valence-electron chi connectivity index (χ0n) is 13.8. The predicted octanol–water partition coefficient (Wildman–Crippen LogP) is 4.31. The van der Waals surface area contributed by atoms with Crippen molar-refractivity contribution in [1.82, 2.24) is 0 Å². The van der Waals surface area contributed by atoms with Crippen LogP contribution in [-0.4, -0.2) is 36.9 Å². The van der Waals surface area contributed by atoms with Gasteiger partial charge in [-0.15, -0.1) is 0 Å². The summed E-state index contributed by atoms with van der Waals surface area (Å²) >= 11 is 1.15. The molecule has 0 saturated carbocycles. The van der Waals surface area contributed by atoms with Crippen LogP contribution in [-0.2, 0) is 19.0 Å². The zero-order valence-corrected chi connectivity index (χ0v) is 14.7. The Hall–Kier alpha value is -1.67. The fraction of sp³-hybridized carbons (Fsp3) is 0.471. The van der Waals surface area contributed by atoms with E-state index in [0.717, 1.165) is 16.7 Å². The molecule has 25 heavy (non-hydrogen) atoms. The number of ether oxygens (including phenoxy) is 3. The minimum atomic E-state index is -4.81. The van der Waals surface area contributed by atoms with Crippen molar-refractivity contribution < 1.29 is 32.2 Å². The third-order valence-corrected chi connectivity index (χ3v) is 4.45. The van der Waals surface area contributed by atoms with E-state index in [1.54, 1.807) is 31.2 Å². The highest BCUT2D eigenvalue weighted by Gasteiger charge is 2.48. The highest BCUT2D eigenvalue weighted by atomic mass is 32.2. The van der Waals surface area contributed by atoms with Gasteiger partial charge >= 0.3 is 12.1 Å². The second kappa shape index (κ2) is 8.62. The van der Waals surface area contributed by atoms with E-state index >= 15 is 0 Å². The largest absolute Gasteiger partial charge is 0.474 e. The van der Waals surface area contributed by atoms with Crippen LogP contribution in [0.15, 0.2) is 46.6 Å². The van der Waals surface area contributed by atoms with Crippen LogP contribution < -0.4 is 0 Å². The van der Waals surface area contributed by atoms with E-state index < -0.39 is 35.0 Å². The molecular weight excluding hydrogens is 357 g/mol. The van der Waals surface area contributed by atoms with Gasteiger partial charge in [0.05, 0.1) is 12.7 Å². The summed E-state index contributed by atoms with van der Waals surface area (Å²) in [5, 5.41) is 0. The first-order valence-corrected chi connectivity index (χ1v) is 8.73. The molecule has 0 fully saturated rings. The van der Waals surface area contributed by atoms with Gasteiger partial charge in [-0.2, -0.15) is 13.2 Å². The Labute approximate surface area is 148 Å². The number of carbonyl (C=O) groups excluding carboxylic acids is 1. The SMILES string of the molecule is CCOC(=O)C1=C(C(F)(F)F)OC(Sc2ccccc2)CC1OCC. The first-order chi connectivity index (χ1) is 11.9. The van der Waals surface area contributed by atoms with Crippen LogP contribution in [0.4, 0.5) is 13.2 Å². The van der Waals surface area contributed by atoms with Crippen LogP contribution in [0.5, 0.6) is 0 Å². The lowest BCUT2D eigenvalue weighted by Crippen LogP contribution is -2.38. The van der Waals surface area contributed by atoms with Crippen molar-refractivity contribution in [2.24, 2.45) is 0 Å². The van der Waals surface area contributed by atoms with E-state index in [9.17, 15) is 18.0 Å². The van der Waals surface area contributed by atoms with Gasteiger partial charge in [0.1, 0.15) is 5.57 Å². The fourth-order valence-corrected chi connectivity index (χ4v) is 3.44. The third-order valence-electron chi connectivity index (χ3n) is 3.35. The molecule has 0 amide bonds. The van der Waals surface area contributed by atoms with Gasteiger partial charge in [0, 0.05) is 17.9 Å². The molecule has 8 heteroatoms. The highest BCUT2D eigenvalue weighted by Crippen LogP contribution is 2.42. The van der Waals surface area contributed by atoms with Crippen molar-refractivity contribution in [1.29, 1.82) is 0 Å². The molecular formula is C17H19F3O4S. The van der Waals surface area contributed by atoms with Crippen LogP contribution in [0.1, 0.15) is 20.3 Å². The van der Waals surface area contributed by atoms with Crippen LogP contribution in [0.2, 0.25) is 0 Å². The van der Waals surface area contributed by atoms with Crippen molar-refractivity contribution >= 4 is 17.7 Å². The number of rotatable bonds is 6. The average molecular weight is 376 g/mol. The summed E-state index contributed by atoms with van der Waals surface area (Å²) in [4.78, 5) is 12.8. The Balaban J connectivity index is 2.35. The lowest BCUT2D eigenvalue weighted by Gasteiger charge is -2.33. The molecule has 2 unspecified atom stereocenters. The molecule has 0 N–H and O–H groups in total. The van der Waals surface area contributed by atoms with Gasteiger partial charge in [-0.3, -0.25) is 0 Å². The van der Waals surface area contributed by atoms with Gasteiger partial charge in [-0.1, -0.05) is 30.0 Å². The first-order valence-electron chi connectivity index (χ1n) is 7.85. The Bertz CT molecular complexity index is 616. The van der Waals surface area contributed by atoms with E-state index in [4.69, 9.17) is 14.2 Å². The van der Waals surface area contributed by atoms with Crippen molar-refractivity contribution in [3.63, 3.8) is 0 Å². The maximum atomic E-state index is 13.5.